The molecular formula is C43H46N2O4. The van der Waals surface area contributed by atoms with Crippen molar-refractivity contribution >= 4 is 23.3 Å². The van der Waals surface area contributed by atoms with Gasteiger partial charge in [0.1, 0.15) is 0 Å². The summed E-state index contributed by atoms with van der Waals surface area (Å²) >= 11 is 0. The van der Waals surface area contributed by atoms with Crippen molar-refractivity contribution in [2.45, 2.75) is 53.1 Å². The fraction of sp³-hybridized carbons (Fsp3) is 0.256. The van der Waals surface area contributed by atoms with Crippen LogP contribution in [0.3, 0.4) is 0 Å². The lowest BCUT2D eigenvalue weighted by molar-refractivity contribution is -0.154. The molecule has 0 aliphatic heterocycles. The second-order valence-corrected chi connectivity index (χ2v) is 12.7. The summed E-state index contributed by atoms with van der Waals surface area (Å²) in [6.45, 7) is 12.1. The van der Waals surface area contributed by atoms with Crippen LogP contribution < -0.4 is 9.80 Å². The molecule has 5 aromatic carbocycles. The molecule has 0 aliphatic rings. The van der Waals surface area contributed by atoms with Crippen molar-refractivity contribution in [3.8, 4) is 0 Å². The van der Waals surface area contributed by atoms with Crippen LogP contribution >= 0.6 is 0 Å². The van der Waals surface area contributed by atoms with E-state index in [0.29, 0.717) is 5.56 Å². The third-order valence-electron chi connectivity index (χ3n) is 9.40. The molecule has 0 heterocycles. The second kappa shape index (κ2) is 16.2. The number of carbonyl (C=O) groups is 2. The fourth-order valence-electron chi connectivity index (χ4n) is 6.63. The molecule has 6 nitrogen and oxygen atoms in total. The van der Waals surface area contributed by atoms with Gasteiger partial charge in [-0.3, -0.25) is 9.59 Å². The molecule has 0 saturated heterocycles. The molecule has 0 atom stereocenters. The molecule has 2 N–H and O–H groups in total. The zero-order chi connectivity index (χ0) is 34.9. The molecule has 5 rings (SSSR count). The molecule has 0 bridgehead atoms. The van der Waals surface area contributed by atoms with Gasteiger partial charge >= 0.3 is 11.9 Å². The molecular weight excluding hydrogens is 608 g/mol. The van der Waals surface area contributed by atoms with E-state index in [1.165, 1.54) is 44.8 Å². The molecule has 0 amide bonds. The SMILES string of the molecule is CCN(Cc1ccccc1)c1ccc(C(c2ccc(CC(C(=O)O)C(=O)O)cc2)c2ccc(N(CC)Cc3ccccc3)cc2C)c(C)c1. The molecule has 252 valence electrons. The Morgan fingerprint density at radius 1 is 0.571 bits per heavy atom. The van der Waals surface area contributed by atoms with Gasteiger partial charge in [-0.05, 0) is 103 Å². The van der Waals surface area contributed by atoms with Crippen molar-refractivity contribution in [2.24, 2.45) is 5.92 Å². The first-order valence-corrected chi connectivity index (χ1v) is 17.0. The topological polar surface area (TPSA) is 81.1 Å². The Hall–Kier alpha value is -5.36. The van der Waals surface area contributed by atoms with E-state index in [-0.39, 0.29) is 12.3 Å². The summed E-state index contributed by atoms with van der Waals surface area (Å²) in [5, 5.41) is 18.9. The minimum atomic E-state index is -1.49. The first-order chi connectivity index (χ1) is 23.7. The zero-order valence-electron chi connectivity index (χ0n) is 28.8. The minimum absolute atomic E-state index is 0.0698. The summed E-state index contributed by atoms with van der Waals surface area (Å²) in [4.78, 5) is 27.9. The van der Waals surface area contributed by atoms with Gasteiger partial charge in [0.05, 0.1) is 0 Å². The van der Waals surface area contributed by atoms with E-state index >= 15 is 0 Å². The van der Waals surface area contributed by atoms with Gasteiger partial charge in [0, 0.05) is 43.5 Å². The standard InChI is InChI=1S/C43H46N2O4/c1-5-44(28-33-13-9-7-10-14-33)36-21-23-38(30(3)25-36)41(35-19-17-32(18-20-35)27-40(42(46)47)43(48)49)39-24-22-37(26-31(39)4)45(6-2)29-34-15-11-8-12-16-34/h7-26,40-41H,5-6,27-29H2,1-4H3,(H,46,47)(H,48,49). The Balaban J connectivity index is 1.52. The van der Waals surface area contributed by atoms with Gasteiger partial charge in [-0.25, -0.2) is 0 Å². The van der Waals surface area contributed by atoms with E-state index in [9.17, 15) is 19.8 Å². The molecule has 0 radical (unpaired) electrons. The lowest BCUT2D eigenvalue weighted by Gasteiger charge is -2.28. The predicted octanol–water partition coefficient (Wildman–Crippen LogP) is 8.86. The number of aryl methyl sites for hydroxylation is 2. The van der Waals surface area contributed by atoms with Crippen LogP contribution in [0.25, 0.3) is 0 Å². The summed E-state index contributed by atoms with van der Waals surface area (Å²) in [5.41, 5.74) is 11.3. The van der Waals surface area contributed by atoms with Crippen molar-refractivity contribution in [3.05, 3.63) is 166 Å². The first-order valence-electron chi connectivity index (χ1n) is 17.0. The van der Waals surface area contributed by atoms with Gasteiger partial charge in [-0.2, -0.15) is 0 Å². The fourth-order valence-corrected chi connectivity index (χ4v) is 6.63. The number of carboxylic acids is 2. The molecule has 0 aromatic heterocycles. The highest BCUT2D eigenvalue weighted by Gasteiger charge is 2.27. The summed E-state index contributed by atoms with van der Waals surface area (Å²) in [7, 11) is 0. The van der Waals surface area contributed by atoms with Crippen LogP contribution in [0.15, 0.2) is 121 Å². The highest BCUT2D eigenvalue weighted by atomic mass is 16.4. The highest BCUT2D eigenvalue weighted by Crippen LogP contribution is 2.38. The second-order valence-electron chi connectivity index (χ2n) is 12.7. The normalized spacial score (nSPS) is 11.1. The lowest BCUT2D eigenvalue weighted by atomic mass is 9.80. The first kappa shape index (κ1) is 35.0. The quantitative estimate of drug-likeness (QED) is 0.0867. The smallest absolute Gasteiger partial charge is 0.318 e. The van der Waals surface area contributed by atoms with Gasteiger partial charge in [0.15, 0.2) is 5.92 Å². The number of rotatable bonds is 15. The maximum atomic E-state index is 11.6. The lowest BCUT2D eigenvalue weighted by Crippen LogP contribution is -2.25. The van der Waals surface area contributed by atoms with Crippen LogP contribution in [0.4, 0.5) is 11.4 Å². The van der Waals surface area contributed by atoms with Gasteiger partial charge in [-0.1, -0.05) is 97.1 Å². The van der Waals surface area contributed by atoms with Crippen LogP contribution in [-0.4, -0.2) is 35.2 Å². The number of anilines is 2. The van der Waals surface area contributed by atoms with Crippen LogP contribution in [0.1, 0.15) is 64.3 Å². The van der Waals surface area contributed by atoms with Crippen molar-refractivity contribution in [1.29, 1.82) is 0 Å². The number of benzene rings is 5. The van der Waals surface area contributed by atoms with Gasteiger partial charge in [0.2, 0.25) is 0 Å². The summed E-state index contributed by atoms with van der Waals surface area (Å²) in [5.74, 6) is -4.23. The summed E-state index contributed by atoms with van der Waals surface area (Å²) in [6, 6.07) is 42.2. The van der Waals surface area contributed by atoms with Gasteiger partial charge < -0.3 is 20.0 Å². The third kappa shape index (κ3) is 8.57. The van der Waals surface area contributed by atoms with E-state index in [1.54, 1.807) is 0 Å². The molecule has 0 unspecified atom stereocenters. The molecule has 0 spiro atoms. The average Bonchev–Trinajstić information content (AvgIpc) is 3.11. The number of hydrogen-bond donors (Lipinski definition) is 2. The van der Waals surface area contributed by atoms with Crippen LogP contribution in [0.5, 0.6) is 0 Å². The summed E-state index contributed by atoms with van der Waals surface area (Å²) < 4.78 is 0. The predicted molar refractivity (Wildman–Crippen MR) is 199 cm³/mol. The number of hydrogen-bond acceptors (Lipinski definition) is 4. The number of nitrogens with zero attached hydrogens (tertiary/aromatic N) is 2. The minimum Gasteiger partial charge on any atom is -0.481 e. The molecule has 0 aliphatic carbocycles. The van der Waals surface area contributed by atoms with E-state index in [0.717, 1.165) is 31.7 Å². The average molecular weight is 655 g/mol. The molecule has 0 saturated carbocycles. The number of aliphatic carboxylic acids is 2. The van der Waals surface area contributed by atoms with Crippen LogP contribution in [0.2, 0.25) is 0 Å². The largest absolute Gasteiger partial charge is 0.481 e. The highest BCUT2D eigenvalue weighted by molar-refractivity contribution is 5.93. The maximum Gasteiger partial charge on any atom is 0.318 e. The molecule has 0 fully saturated rings. The molecule has 6 heteroatoms. The number of carboxylic acid groups (broad SMARTS) is 2. The van der Waals surface area contributed by atoms with Gasteiger partial charge in [0.25, 0.3) is 0 Å². The maximum absolute atomic E-state index is 11.6. The van der Waals surface area contributed by atoms with E-state index in [2.05, 4.69) is 122 Å². The van der Waals surface area contributed by atoms with Gasteiger partial charge in [-0.15, -0.1) is 0 Å². The van der Waals surface area contributed by atoms with Crippen molar-refractivity contribution in [3.63, 3.8) is 0 Å². The third-order valence-corrected chi connectivity index (χ3v) is 9.40. The Morgan fingerprint density at radius 2 is 1.00 bits per heavy atom. The van der Waals surface area contributed by atoms with Crippen molar-refractivity contribution in [1.82, 2.24) is 0 Å². The van der Waals surface area contributed by atoms with Crippen molar-refractivity contribution < 1.29 is 19.8 Å². The monoisotopic (exact) mass is 654 g/mol. The van der Waals surface area contributed by atoms with Crippen LogP contribution in [0, 0.1) is 19.8 Å². The molecule has 5 aromatic rings. The Labute approximate surface area is 290 Å². The zero-order valence-corrected chi connectivity index (χ0v) is 28.8. The van der Waals surface area contributed by atoms with Crippen molar-refractivity contribution in [2.75, 3.05) is 22.9 Å². The summed E-state index contributed by atoms with van der Waals surface area (Å²) in [6.07, 6.45) is -0.0698. The Morgan fingerprint density at radius 3 is 1.37 bits per heavy atom. The Bertz CT molecular complexity index is 1740. The Kier molecular flexibility index (Phi) is 11.5. The van der Waals surface area contributed by atoms with E-state index < -0.39 is 17.9 Å². The van der Waals surface area contributed by atoms with E-state index in [4.69, 9.17) is 0 Å². The molecule has 49 heavy (non-hydrogen) atoms. The van der Waals surface area contributed by atoms with E-state index in [1.807, 2.05) is 36.4 Å². The van der Waals surface area contributed by atoms with Crippen LogP contribution in [-0.2, 0) is 29.1 Å².